The molecule has 19 heavy (non-hydrogen) atoms. The Morgan fingerprint density at radius 1 is 1.11 bits per heavy atom. The van der Waals surface area contributed by atoms with E-state index >= 15 is 0 Å². The molecule has 0 amide bonds. The molecule has 108 valence electrons. The summed E-state index contributed by atoms with van der Waals surface area (Å²) in [6, 6.07) is 5.10. The van der Waals surface area contributed by atoms with Crippen molar-refractivity contribution in [1.29, 1.82) is 0 Å². The molecule has 0 bridgehead atoms. The van der Waals surface area contributed by atoms with Crippen LogP contribution in [0.2, 0.25) is 0 Å². The van der Waals surface area contributed by atoms with Crippen LogP contribution in [0.3, 0.4) is 0 Å². The number of hydrogen-bond acceptors (Lipinski definition) is 2. The van der Waals surface area contributed by atoms with Crippen LogP contribution in [0.4, 0.5) is 17.6 Å². The second kappa shape index (κ2) is 5.36. The lowest BCUT2D eigenvalue weighted by Gasteiger charge is -2.29. The van der Waals surface area contributed by atoms with E-state index in [1.54, 1.807) is 6.07 Å². The Kier molecular flexibility index (Phi) is 4.45. The molecule has 6 heteroatoms. The van der Waals surface area contributed by atoms with Crippen molar-refractivity contribution in [2.75, 3.05) is 0 Å². The zero-order valence-corrected chi connectivity index (χ0v) is 11.0. The Morgan fingerprint density at radius 3 is 2.11 bits per heavy atom. The summed E-state index contributed by atoms with van der Waals surface area (Å²) in [6.07, 6.45) is -8.43. The minimum atomic E-state index is -4.53. The van der Waals surface area contributed by atoms with E-state index in [2.05, 4.69) is 4.74 Å². The molecule has 0 aromatic heterocycles. The smallest absolute Gasteiger partial charge is 0.428 e. The molecule has 0 saturated heterocycles. The van der Waals surface area contributed by atoms with Gasteiger partial charge in [0.1, 0.15) is 5.75 Å². The summed E-state index contributed by atoms with van der Waals surface area (Å²) in [5.74, 6) is -0.324. The van der Waals surface area contributed by atoms with E-state index in [9.17, 15) is 17.6 Å². The van der Waals surface area contributed by atoms with Crippen LogP contribution < -0.4 is 10.5 Å². The van der Waals surface area contributed by atoms with E-state index in [1.165, 1.54) is 18.2 Å². The van der Waals surface area contributed by atoms with Crippen molar-refractivity contribution in [2.45, 2.75) is 39.3 Å². The van der Waals surface area contributed by atoms with Crippen LogP contribution in [-0.4, -0.2) is 12.5 Å². The van der Waals surface area contributed by atoms with Crippen LogP contribution in [-0.2, 0) is 0 Å². The fraction of sp³-hybridized carbons (Fsp3) is 0.538. The molecule has 2 N–H and O–H groups in total. The summed E-state index contributed by atoms with van der Waals surface area (Å²) < 4.78 is 54.4. The van der Waals surface area contributed by atoms with E-state index < -0.39 is 24.0 Å². The molecular formula is C13H17F4NO. The highest BCUT2D eigenvalue weighted by Gasteiger charge is 2.44. The highest BCUT2D eigenvalue weighted by molar-refractivity contribution is 5.37. The quantitative estimate of drug-likeness (QED) is 0.846. The van der Waals surface area contributed by atoms with Gasteiger partial charge in [-0.15, -0.1) is 0 Å². The summed E-state index contributed by atoms with van der Waals surface area (Å²) in [4.78, 5) is 0. The van der Waals surface area contributed by atoms with Crippen LogP contribution in [0, 0.1) is 5.41 Å². The Hall–Kier alpha value is -1.30. The van der Waals surface area contributed by atoms with Gasteiger partial charge in [0, 0.05) is 11.6 Å². The average Bonchev–Trinajstić information content (AvgIpc) is 2.27. The van der Waals surface area contributed by atoms with Gasteiger partial charge in [0.25, 0.3) is 0 Å². The van der Waals surface area contributed by atoms with E-state index in [4.69, 9.17) is 5.73 Å². The van der Waals surface area contributed by atoms with Crippen molar-refractivity contribution in [2.24, 2.45) is 11.1 Å². The zero-order valence-electron chi connectivity index (χ0n) is 11.0. The summed E-state index contributed by atoms with van der Waals surface area (Å²) >= 11 is 0. The third-order valence-corrected chi connectivity index (χ3v) is 2.69. The number of para-hydroxylation sites is 1. The number of alkyl halides is 4. The van der Waals surface area contributed by atoms with Crippen molar-refractivity contribution in [3.05, 3.63) is 29.8 Å². The van der Waals surface area contributed by atoms with Crippen molar-refractivity contribution in [3.8, 4) is 5.75 Å². The van der Waals surface area contributed by atoms with Crippen molar-refractivity contribution in [1.82, 2.24) is 0 Å². The van der Waals surface area contributed by atoms with Crippen molar-refractivity contribution in [3.63, 3.8) is 0 Å². The first-order valence-corrected chi connectivity index (χ1v) is 5.75. The van der Waals surface area contributed by atoms with Gasteiger partial charge < -0.3 is 10.5 Å². The van der Waals surface area contributed by atoms with E-state index in [0.717, 1.165) is 0 Å². The van der Waals surface area contributed by atoms with Crippen LogP contribution in [0.5, 0.6) is 5.75 Å². The number of rotatable bonds is 4. The van der Waals surface area contributed by atoms with E-state index in [1.807, 2.05) is 20.8 Å². The minimum absolute atomic E-state index is 0.273. The second-order valence-corrected chi connectivity index (χ2v) is 5.35. The van der Waals surface area contributed by atoms with Gasteiger partial charge in [-0.05, 0) is 11.5 Å². The SMILES string of the molecule is CC(C)(C)[C@H](N)c1ccccc1OC(F)(F)C(F)F. The molecule has 1 aromatic carbocycles. The molecule has 0 aliphatic rings. The lowest BCUT2D eigenvalue weighted by Crippen LogP contribution is -2.35. The molecule has 0 radical (unpaired) electrons. The molecule has 0 spiro atoms. The Balaban J connectivity index is 3.10. The summed E-state index contributed by atoms with van der Waals surface area (Å²) in [5.41, 5.74) is 5.81. The number of hydrogen-bond donors (Lipinski definition) is 1. The number of nitrogens with two attached hydrogens (primary N) is 1. The molecule has 0 aliphatic heterocycles. The van der Waals surface area contributed by atoms with Crippen molar-refractivity contribution < 1.29 is 22.3 Å². The topological polar surface area (TPSA) is 35.2 Å². The van der Waals surface area contributed by atoms with Gasteiger partial charge in [0.15, 0.2) is 0 Å². The minimum Gasteiger partial charge on any atom is -0.428 e. The van der Waals surface area contributed by atoms with Gasteiger partial charge in [-0.25, -0.2) is 0 Å². The molecule has 1 aromatic rings. The summed E-state index contributed by atoms with van der Waals surface area (Å²) in [6.45, 7) is 5.46. The van der Waals surface area contributed by atoms with Crippen molar-refractivity contribution >= 4 is 0 Å². The van der Waals surface area contributed by atoms with Gasteiger partial charge in [-0.2, -0.15) is 17.6 Å². The third kappa shape index (κ3) is 3.83. The normalized spacial score (nSPS) is 14.6. The Morgan fingerprint density at radius 2 is 1.63 bits per heavy atom. The number of benzene rings is 1. The predicted molar refractivity (Wildman–Crippen MR) is 64.4 cm³/mol. The van der Waals surface area contributed by atoms with Gasteiger partial charge >= 0.3 is 12.5 Å². The standard InChI is InChI=1S/C13H17F4NO/c1-12(2,3)10(18)8-6-4-5-7-9(8)19-13(16,17)11(14)15/h4-7,10-11H,18H2,1-3H3/t10-/m1/s1. The van der Waals surface area contributed by atoms with Crippen LogP contribution in [0.25, 0.3) is 0 Å². The maximum Gasteiger partial charge on any atom is 0.461 e. The lowest BCUT2D eigenvalue weighted by atomic mass is 9.83. The third-order valence-electron chi connectivity index (χ3n) is 2.69. The summed E-state index contributed by atoms with van der Waals surface area (Å²) in [7, 11) is 0. The first kappa shape index (κ1) is 15.8. The molecule has 0 saturated carbocycles. The largest absolute Gasteiger partial charge is 0.461 e. The molecule has 1 rings (SSSR count). The first-order chi connectivity index (χ1) is 8.55. The monoisotopic (exact) mass is 279 g/mol. The predicted octanol–water partition coefficient (Wildman–Crippen LogP) is 3.97. The second-order valence-electron chi connectivity index (χ2n) is 5.35. The molecular weight excluding hydrogens is 262 g/mol. The van der Waals surface area contributed by atoms with Crippen LogP contribution in [0.15, 0.2) is 24.3 Å². The fourth-order valence-electron chi connectivity index (χ4n) is 1.49. The van der Waals surface area contributed by atoms with Crippen LogP contribution in [0.1, 0.15) is 32.4 Å². The maximum absolute atomic E-state index is 13.0. The van der Waals surface area contributed by atoms with Gasteiger partial charge in [-0.1, -0.05) is 39.0 Å². The average molecular weight is 279 g/mol. The fourth-order valence-corrected chi connectivity index (χ4v) is 1.49. The molecule has 1 atom stereocenters. The maximum atomic E-state index is 13.0. The Labute approximate surface area is 109 Å². The van der Waals surface area contributed by atoms with E-state index in [0.29, 0.717) is 0 Å². The molecule has 0 unspecified atom stereocenters. The van der Waals surface area contributed by atoms with Gasteiger partial charge in [0.05, 0.1) is 0 Å². The van der Waals surface area contributed by atoms with Gasteiger partial charge in [-0.3, -0.25) is 0 Å². The molecule has 0 heterocycles. The number of ether oxygens (including phenoxy) is 1. The lowest BCUT2D eigenvalue weighted by molar-refractivity contribution is -0.253. The first-order valence-electron chi connectivity index (χ1n) is 5.75. The summed E-state index contributed by atoms with van der Waals surface area (Å²) in [5, 5.41) is 0. The molecule has 0 fully saturated rings. The number of halogens is 4. The molecule has 0 aliphatic carbocycles. The van der Waals surface area contributed by atoms with Crippen LogP contribution >= 0.6 is 0 Å². The molecule has 2 nitrogen and oxygen atoms in total. The Bertz CT molecular complexity index is 429. The van der Waals surface area contributed by atoms with Gasteiger partial charge in [0.2, 0.25) is 0 Å². The highest BCUT2D eigenvalue weighted by atomic mass is 19.3. The highest BCUT2D eigenvalue weighted by Crippen LogP contribution is 2.38. The zero-order chi connectivity index (χ0) is 14.8. The van der Waals surface area contributed by atoms with E-state index in [-0.39, 0.29) is 11.3 Å².